The standard InChI is InChI=1S/C20H18FN5O2/c1-13(26-20(28)16-4-2-3-5-17(16)23-24-26)19(27)22-9-11-25-10-8-14-6-7-15(21)12-18(14)25/h2-8,10,12-13H,9,11H2,1H3,(H,22,27)/t13-/m1/s1. The molecule has 0 unspecified atom stereocenters. The predicted molar refractivity (Wildman–Crippen MR) is 103 cm³/mol. The number of fused-ring (bicyclic) bond motifs is 2. The molecule has 0 saturated carbocycles. The van der Waals surface area contributed by atoms with Gasteiger partial charge in [0.15, 0.2) is 0 Å². The number of carbonyl (C=O) groups is 1. The van der Waals surface area contributed by atoms with Crippen LogP contribution in [-0.2, 0) is 11.3 Å². The number of nitrogens with one attached hydrogen (secondary N) is 1. The van der Waals surface area contributed by atoms with Crippen molar-refractivity contribution in [1.29, 1.82) is 0 Å². The Bertz CT molecular complexity index is 1230. The molecular formula is C20H18FN5O2. The summed E-state index contributed by atoms with van der Waals surface area (Å²) in [5.41, 5.74) is 0.891. The minimum absolute atomic E-state index is 0.306. The van der Waals surface area contributed by atoms with E-state index in [2.05, 4.69) is 15.6 Å². The average Bonchev–Trinajstić information content (AvgIpc) is 3.10. The number of halogens is 1. The number of benzene rings is 2. The molecule has 4 rings (SSSR count). The SMILES string of the molecule is C[C@H](C(=O)NCCn1ccc2ccc(F)cc21)n1nnc2ccccc2c1=O. The highest BCUT2D eigenvalue weighted by molar-refractivity contribution is 5.81. The highest BCUT2D eigenvalue weighted by Crippen LogP contribution is 2.16. The maximum absolute atomic E-state index is 13.5. The van der Waals surface area contributed by atoms with Crippen molar-refractivity contribution >= 4 is 27.7 Å². The fourth-order valence-corrected chi connectivity index (χ4v) is 3.17. The van der Waals surface area contributed by atoms with Crippen LogP contribution >= 0.6 is 0 Å². The quantitative estimate of drug-likeness (QED) is 0.577. The van der Waals surface area contributed by atoms with Crippen molar-refractivity contribution in [2.75, 3.05) is 6.54 Å². The molecule has 2 heterocycles. The first-order chi connectivity index (χ1) is 13.5. The van der Waals surface area contributed by atoms with Gasteiger partial charge < -0.3 is 9.88 Å². The van der Waals surface area contributed by atoms with Crippen LogP contribution in [0.5, 0.6) is 0 Å². The summed E-state index contributed by atoms with van der Waals surface area (Å²) >= 11 is 0. The lowest BCUT2D eigenvalue weighted by molar-refractivity contribution is -0.124. The van der Waals surface area contributed by atoms with Crippen molar-refractivity contribution in [1.82, 2.24) is 24.9 Å². The topological polar surface area (TPSA) is 81.8 Å². The Morgan fingerprint density at radius 3 is 2.89 bits per heavy atom. The van der Waals surface area contributed by atoms with Gasteiger partial charge in [0.2, 0.25) is 5.91 Å². The number of amides is 1. The summed E-state index contributed by atoms with van der Waals surface area (Å²) in [4.78, 5) is 25.0. The molecule has 28 heavy (non-hydrogen) atoms. The van der Waals surface area contributed by atoms with Crippen molar-refractivity contribution in [3.05, 3.63) is 70.9 Å². The van der Waals surface area contributed by atoms with E-state index in [1.54, 1.807) is 37.3 Å². The van der Waals surface area contributed by atoms with Crippen molar-refractivity contribution in [2.24, 2.45) is 0 Å². The van der Waals surface area contributed by atoms with E-state index >= 15 is 0 Å². The zero-order valence-electron chi connectivity index (χ0n) is 15.2. The summed E-state index contributed by atoms with van der Waals surface area (Å²) < 4.78 is 16.4. The maximum Gasteiger partial charge on any atom is 0.278 e. The number of hydrogen-bond acceptors (Lipinski definition) is 4. The van der Waals surface area contributed by atoms with E-state index in [4.69, 9.17) is 0 Å². The fourth-order valence-electron chi connectivity index (χ4n) is 3.17. The highest BCUT2D eigenvalue weighted by Gasteiger charge is 2.18. The van der Waals surface area contributed by atoms with Gasteiger partial charge in [0, 0.05) is 19.3 Å². The minimum atomic E-state index is -0.802. The van der Waals surface area contributed by atoms with Gasteiger partial charge in [-0.15, -0.1) is 5.10 Å². The molecule has 142 valence electrons. The normalized spacial score (nSPS) is 12.4. The minimum Gasteiger partial charge on any atom is -0.352 e. The third-order valence-corrected chi connectivity index (χ3v) is 4.73. The van der Waals surface area contributed by atoms with E-state index < -0.39 is 6.04 Å². The Labute approximate surface area is 159 Å². The molecule has 0 fully saturated rings. The monoisotopic (exact) mass is 379 g/mol. The molecule has 1 atom stereocenters. The lowest BCUT2D eigenvalue weighted by Crippen LogP contribution is -2.38. The van der Waals surface area contributed by atoms with Gasteiger partial charge in [0.1, 0.15) is 17.4 Å². The first-order valence-electron chi connectivity index (χ1n) is 8.91. The molecule has 0 spiro atoms. The van der Waals surface area contributed by atoms with Gasteiger partial charge >= 0.3 is 0 Å². The van der Waals surface area contributed by atoms with Crippen LogP contribution in [0, 0.1) is 5.82 Å². The van der Waals surface area contributed by atoms with Gasteiger partial charge in [-0.3, -0.25) is 9.59 Å². The number of carbonyl (C=O) groups excluding carboxylic acids is 1. The zero-order valence-corrected chi connectivity index (χ0v) is 15.2. The molecule has 0 saturated heterocycles. The second-order valence-corrected chi connectivity index (χ2v) is 6.54. The number of nitrogens with zero attached hydrogens (tertiary/aromatic N) is 4. The van der Waals surface area contributed by atoms with Crippen molar-refractivity contribution in [2.45, 2.75) is 19.5 Å². The lowest BCUT2D eigenvalue weighted by atomic mass is 10.2. The molecular weight excluding hydrogens is 361 g/mol. The van der Waals surface area contributed by atoms with Crippen LogP contribution < -0.4 is 10.9 Å². The van der Waals surface area contributed by atoms with Crippen LogP contribution in [0.2, 0.25) is 0 Å². The molecule has 8 heteroatoms. The molecule has 0 aliphatic carbocycles. The van der Waals surface area contributed by atoms with Crippen molar-refractivity contribution in [3.8, 4) is 0 Å². The molecule has 0 aliphatic rings. The Morgan fingerprint density at radius 1 is 1.21 bits per heavy atom. The Hall–Kier alpha value is -3.55. The van der Waals surface area contributed by atoms with Crippen LogP contribution in [0.3, 0.4) is 0 Å². The Kier molecular flexibility index (Phi) is 4.60. The fraction of sp³-hybridized carbons (Fsp3) is 0.200. The van der Waals surface area contributed by atoms with E-state index in [-0.39, 0.29) is 17.3 Å². The molecule has 0 aliphatic heterocycles. The lowest BCUT2D eigenvalue weighted by Gasteiger charge is -2.14. The largest absolute Gasteiger partial charge is 0.352 e. The summed E-state index contributed by atoms with van der Waals surface area (Å²) in [6.07, 6.45) is 1.85. The van der Waals surface area contributed by atoms with Crippen LogP contribution in [0.25, 0.3) is 21.8 Å². The summed E-state index contributed by atoms with van der Waals surface area (Å²) in [5, 5.41) is 12.0. The van der Waals surface area contributed by atoms with E-state index in [0.717, 1.165) is 15.6 Å². The summed E-state index contributed by atoms with van der Waals surface area (Å²) in [6.45, 7) is 2.41. The van der Waals surface area contributed by atoms with Gasteiger partial charge in [-0.05, 0) is 48.7 Å². The number of hydrogen-bond donors (Lipinski definition) is 1. The van der Waals surface area contributed by atoms with Crippen LogP contribution in [0.1, 0.15) is 13.0 Å². The third-order valence-electron chi connectivity index (χ3n) is 4.73. The van der Waals surface area contributed by atoms with Gasteiger partial charge in [-0.1, -0.05) is 17.3 Å². The molecule has 1 N–H and O–H groups in total. The van der Waals surface area contributed by atoms with Gasteiger partial charge in [-0.25, -0.2) is 4.39 Å². The second-order valence-electron chi connectivity index (χ2n) is 6.54. The summed E-state index contributed by atoms with van der Waals surface area (Å²) in [7, 11) is 0. The van der Waals surface area contributed by atoms with Gasteiger partial charge in [-0.2, -0.15) is 4.68 Å². The number of rotatable bonds is 5. The van der Waals surface area contributed by atoms with E-state index in [9.17, 15) is 14.0 Å². The number of aromatic nitrogens is 4. The maximum atomic E-state index is 13.5. The molecule has 2 aromatic heterocycles. The van der Waals surface area contributed by atoms with Gasteiger partial charge in [0.05, 0.1) is 10.9 Å². The Balaban J connectivity index is 1.45. The molecule has 0 radical (unpaired) electrons. The average molecular weight is 379 g/mol. The molecule has 7 nitrogen and oxygen atoms in total. The van der Waals surface area contributed by atoms with Crippen LogP contribution in [0.4, 0.5) is 4.39 Å². The molecule has 2 aromatic carbocycles. The smallest absolute Gasteiger partial charge is 0.278 e. The summed E-state index contributed by atoms with van der Waals surface area (Å²) in [6, 6.07) is 12.5. The molecule has 1 amide bonds. The van der Waals surface area contributed by atoms with E-state index in [1.165, 1.54) is 12.1 Å². The second kappa shape index (κ2) is 7.22. The van der Waals surface area contributed by atoms with Crippen molar-refractivity contribution in [3.63, 3.8) is 0 Å². The van der Waals surface area contributed by atoms with E-state index in [0.29, 0.717) is 24.0 Å². The van der Waals surface area contributed by atoms with Gasteiger partial charge in [0.25, 0.3) is 5.56 Å². The predicted octanol–water partition coefficient (Wildman–Crippen LogP) is 2.26. The summed E-state index contributed by atoms with van der Waals surface area (Å²) in [5.74, 6) is -0.645. The Morgan fingerprint density at radius 2 is 2.04 bits per heavy atom. The van der Waals surface area contributed by atoms with Crippen LogP contribution in [-0.4, -0.2) is 32.0 Å². The third kappa shape index (κ3) is 3.24. The molecule has 4 aromatic rings. The van der Waals surface area contributed by atoms with Crippen LogP contribution in [0.15, 0.2) is 59.5 Å². The van der Waals surface area contributed by atoms with E-state index in [1.807, 2.05) is 16.8 Å². The first kappa shape index (κ1) is 17.8. The first-order valence-corrected chi connectivity index (χ1v) is 8.91. The molecule has 0 bridgehead atoms. The zero-order chi connectivity index (χ0) is 19.7. The van der Waals surface area contributed by atoms with Crippen molar-refractivity contribution < 1.29 is 9.18 Å². The highest BCUT2D eigenvalue weighted by atomic mass is 19.1.